The summed E-state index contributed by atoms with van der Waals surface area (Å²) < 4.78 is 24.4. The summed E-state index contributed by atoms with van der Waals surface area (Å²) in [4.78, 5) is 2.27. The average Bonchev–Trinajstić information content (AvgIpc) is 2.37. The number of anilines is 1. The largest absolute Gasteiger partial charge is 0.370 e. The van der Waals surface area contributed by atoms with Crippen molar-refractivity contribution in [3.63, 3.8) is 0 Å². The highest BCUT2D eigenvalue weighted by Gasteiger charge is 2.20. The van der Waals surface area contributed by atoms with Crippen LogP contribution in [-0.2, 0) is 0 Å². The summed E-state index contributed by atoms with van der Waals surface area (Å²) in [6, 6.07) is 8.56. The fourth-order valence-corrected chi connectivity index (χ4v) is 2.39. The molecular weight excluding hydrogens is 234 g/mol. The van der Waals surface area contributed by atoms with Gasteiger partial charge in [0.05, 0.1) is 6.54 Å². The van der Waals surface area contributed by atoms with Crippen molar-refractivity contribution in [3.8, 4) is 0 Å². The van der Waals surface area contributed by atoms with Gasteiger partial charge in [-0.05, 0) is 31.9 Å². The maximum absolute atomic E-state index is 12.2. The Bertz CT molecular complexity index is 365. The minimum Gasteiger partial charge on any atom is -0.370 e. The monoisotopic (exact) mass is 254 g/mol. The van der Waals surface area contributed by atoms with Gasteiger partial charge in [0.1, 0.15) is 0 Å². The second-order valence-electron chi connectivity index (χ2n) is 4.92. The molecule has 1 aliphatic rings. The van der Waals surface area contributed by atoms with E-state index < -0.39 is 6.43 Å². The lowest BCUT2D eigenvalue weighted by molar-refractivity contribution is 0.140. The van der Waals surface area contributed by atoms with Crippen molar-refractivity contribution in [2.24, 2.45) is 0 Å². The Morgan fingerprint density at radius 3 is 2.72 bits per heavy atom. The van der Waals surface area contributed by atoms with E-state index in [0.29, 0.717) is 0 Å². The molecule has 1 fully saturated rings. The molecule has 0 radical (unpaired) electrons. The van der Waals surface area contributed by atoms with E-state index in [4.69, 9.17) is 0 Å². The van der Waals surface area contributed by atoms with Gasteiger partial charge in [-0.2, -0.15) is 0 Å². The van der Waals surface area contributed by atoms with E-state index >= 15 is 0 Å². The SMILES string of the molecule is Cc1ccc(N2CCCC(NCC(F)F)C2)cc1. The molecule has 0 aliphatic carbocycles. The minimum atomic E-state index is -2.26. The first kappa shape index (κ1) is 13.3. The van der Waals surface area contributed by atoms with Gasteiger partial charge in [0.15, 0.2) is 0 Å². The lowest BCUT2D eigenvalue weighted by Crippen LogP contribution is -2.47. The van der Waals surface area contributed by atoms with Gasteiger partial charge in [0, 0.05) is 24.8 Å². The highest BCUT2D eigenvalue weighted by Crippen LogP contribution is 2.20. The second kappa shape index (κ2) is 6.14. The lowest BCUT2D eigenvalue weighted by atomic mass is 10.0. The highest BCUT2D eigenvalue weighted by atomic mass is 19.3. The summed E-state index contributed by atoms with van der Waals surface area (Å²) in [6.45, 7) is 3.69. The summed E-state index contributed by atoms with van der Waals surface area (Å²) in [5.74, 6) is 0. The number of alkyl halides is 2. The van der Waals surface area contributed by atoms with Crippen LogP contribution >= 0.6 is 0 Å². The van der Waals surface area contributed by atoms with Crippen LogP contribution in [0.1, 0.15) is 18.4 Å². The number of benzene rings is 1. The summed E-state index contributed by atoms with van der Waals surface area (Å²) in [5, 5.41) is 2.94. The lowest BCUT2D eigenvalue weighted by Gasteiger charge is -2.35. The van der Waals surface area contributed by atoms with E-state index in [-0.39, 0.29) is 12.6 Å². The summed E-state index contributed by atoms with van der Waals surface area (Å²) in [7, 11) is 0. The van der Waals surface area contributed by atoms with Crippen LogP contribution in [0.5, 0.6) is 0 Å². The molecule has 1 aliphatic heterocycles. The Balaban J connectivity index is 1.91. The van der Waals surface area contributed by atoms with Gasteiger partial charge < -0.3 is 10.2 Å². The van der Waals surface area contributed by atoms with Crippen molar-refractivity contribution in [1.29, 1.82) is 0 Å². The van der Waals surface area contributed by atoms with Crippen LogP contribution in [0, 0.1) is 6.92 Å². The molecule has 0 aromatic heterocycles. The van der Waals surface area contributed by atoms with Crippen LogP contribution in [0.25, 0.3) is 0 Å². The van der Waals surface area contributed by atoms with Gasteiger partial charge in [0.2, 0.25) is 0 Å². The first-order valence-corrected chi connectivity index (χ1v) is 6.48. The van der Waals surface area contributed by atoms with E-state index in [1.165, 1.54) is 11.3 Å². The molecular formula is C14H20F2N2. The molecule has 2 rings (SSSR count). The third kappa shape index (κ3) is 3.67. The Hall–Kier alpha value is -1.16. The average molecular weight is 254 g/mol. The predicted octanol–water partition coefficient (Wildman–Crippen LogP) is 2.82. The predicted molar refractivity (Wildman–Crippen MR) is 70.4 cm³/mol. The molecule has 1 aromatic rings. The molecule has 0 amide bonds. The van der Waals surface area contributed by atoms with Crippen LogP contribution in [0.4, 0.5) is 14.5 Å². The number of piperidine rings is 1. The first-order chi connectivity index (χ1) is 8.65. The zero-order valence-corrected chi connectivity index (χ0v) is 10.7. The van der Waals surface area contributed by atoms with E-state index in [2.05, 4.69) is 41.4 Å². The Morgan fingerprint density at radius 2 is 2.06 bits per heavy atom. The van der Waals surface area contributed by atoms with Crippen LogP contribution in [0.3, 0.4) is 0 Å². The quantitative estimate of drug-likeness (QED) is 0.889. The molecule has 2 nitrogen and oxygen atoms in total. The smallest absolute Gasteiger partial charge is 0.250 e. The van der Waals surface area contributed by atoms with Gasteiger partial charge in [-0.3, -0.25) is 0 Å². The van der Waals surface area contributed by atoms with E-state index in [9.17, 15) is 8.78 Å². The van der Waals surface area contributed by atoms with E-state index in [1.807, 2.05) is 0 Å². The van der Waals surface area contributed by atoms with Gasteiger partial charge in [0.25, 0.3) is 6.43 Å². The molecule has 0 spiro atoms. The second-order valence-corrected chi connectivity index (χ2v) is 4.92. The maximum Gasteiger partial charge on any atom is 0.250 e. The van der Waals surface area contributed by atoms with Crippen molar-refractivity contribution >= 4 is 5.69 Å². The molecule has 0 saturated carbocycles. The zero-order chi connectivity index (χ0) is 13.0. The first-order valence-electron chi connectivity index (χ1n) is 6.48. The normalized spacial score (nSPS) is 20.4. The number of aryl methyl sites for hydroxylation is 1. The third-order valence-electron chi connectivity index (χ3n) is 3.38. The Labute approximate surface area is 107 Å². The summed E-state index contributed by atoms with van der Waals surface area (Å²) >= 11 is 0. The third-order valence-corrected chi connectivity index (χ3v) is 3.38. The molecule has 1 aromatic carbocycles. The topological polar surface area (TPSA) is 15.3 Å². The van der Waals surface area contributed by atoms with Crippen molar-refractivity contribution in [2.45, 2.75) is 32.2 Å². The summed E-state index contributed by atoms with van der Waals surface area (Å²) in [5.41, 5.74) is 2.42. The molecule has 18 heavy (non-hydrogen) atoms. The fourth-order valence-electron chi connectivity index (χ4n) is 2.39. The Kier molecular flexibility index (Phi) is 4.53. The standard InChI is InChI=1S/C14H20F2N2/c1-11-4-6-13(7-5-11)18-8-2-3-12(10-18)17-9-14(15)16/h4-7,12,14,17H,2-3,8-10H2,1H3. The fraction of sp³-hybridized carbons (Fsp3) is 0.571. The van der Waals surface area contributed by atoms with E-state index in [1.54, 1.807) is 0 Å². The summed E-state index contributed by atoms with van der Waals surface area (Å²) in [6.07, 6.45) is -0.233. The Morgan fingerprint density at radius 1 is 1.33 bits per heavy atom. The number of nitrogens with zero attached hydrogens (tertiary/aromatic N) is 1. The number of hydrogen-bond donors (Lipinski definition) is 1. The molecule has 4 heteroatoms. The van der Waals surface area contributed by atoms with Crippen LogP contribution in [0.15, 0.2) is 24.3 Å². The number of hydrogen-bond acceptors (Lipinski definition) is 2. The van der Waals surface area contributed by atoms with Crippen molar-refractivity contribution < 1.29 is 8.78 Å². The maximum atomic E-state index is 12.2. The molecule has 1 N–H and O–H groups in total. The molecule has 1 atom stereocenters. The van der Waals surface area contributed by atoms with Crippen LogP contribution in [0.2, 0.25) is 0 Å². The van der Waals surface area contributed by atoms with Gasteiger partial charge in [-0.15, -0.1) is 0 Å². The molecule has 1 saturated heterocycles. The van der Waals surface area contributed by atoms with E-state index in [0.717, 1.165) is 25.9 Å². The number of rotatable bonds is 4. The van der Waals surface area contributed by atoms with Crippen LogP contribution < -0.4 is 10.2 Å². The molecule has 1 unspecified atom stereocenters. The number of halogens is 2. The van der Waals surface area contributed by atoms with Gasteiger partial charge >= 0.3 is 0 Å². The van der Waals surface area contributed by atoms with Crippen molar-refractivity contribution in [3.05, 3.63) is 29.8 Å². The number of nitrogens with one attached hydrogen (secondary N) is 1. The minimum absolute atomic E-state index is 0.175. The molecule has 100 valence electrons. The zero-order valence-electron chi connectivity index (χ0n) is 10.7. The van der Waals surface area contributed by atoms with Crippen LogP contribution in [-0.4, -0.2) is 32.1 Å². The highest BCUT2D eigenvalue weighted by molar-refractivity contribution is 5.48. The van der Waals surface area contributed by atoms with Crippen molar-refractivity contribution in [2.75, 3.05) is 24.5 Å². The van der Waals surface area contributed by atoms with Gasteiger partial charge in [-0.25, -0.2) is 8.78 Å². The molecule has 1 heterocycles. The van der Waals surface area contributed by atoms with Gasteiger partial charge in [-0.1, -0.05) is 17.7 Å². The van der Waals surface area contributed by atoms with Crippen molar-refractivity contribution in [1.82, 2.24) is 5.32 Å². The molecule has 0 bridgehead atoms.